The number of aryl methyl sites for hydroxylation is 1. The van der Waals surface area contributed by atoms with E-state index in [2.05, 4.69) is 42.3 Å². The van der Waals surface area contributed by atoms with Crippen LogP contribution in [0, 0.1) is 6.92 Å². The lowest BCUT2D eigenvalue weighted by molar-refractivity contribution is 0.0532. The summed E-state index contributed by atoms with van der Waals surface area (Å²) < 4.78 is 5.58. The molecule has 3 heteroatoms. The minimum absolute atomic E-state index is 0.333. The minimum Gasteiger partial charge on any atom is -0.375 e. The second-order valence-corrected chi connectivity index (χ2v) is 4.78. The molecule has 1 aliphatic rings. The number of nitrogens with zero attached hydrogens (tertiary/aromatic N) is 1. The summed E-state index contributed by atoms with van der Waals surface area (Å²) in [5, 5.41) is 3.18. The molecule has 1 heterocycles. The summed E-state index contributed by atoms with van der Waals surface area (Å²) in [6.07, 6.45) is 0.333. The Morgan fingerprint density at radius 1 is 1.47 bits per heavy atom. The van der Waals surface area contributed by atoms with Crippen LogP contribution < -0.4 is 10.2 Å². The van der Waals surface area contributed by atoms with Gasteiger partial charge in [0.2, 0.25) is 0 Å². The molecule has 17 heavy (non-hydrogen) atoms. The molecular weight excluding hydrogens is 212 g/mol. The van der Waals surface area contributed by atoms with Crippen molar-refractivity contribution in [1.82, 2.24) is 5.32 Å². The van der Waals surface area contributed by atoms with Gasteiger partial charge in [0.05, 0.1) is 12.7 Å². The highest BCUT2D eigenvalue weighted by molar-refractivity contribution is 5.54. The van der Waals surface area contributed by atoms with Gasteiger partial charge >= 0.3 is 0 Å². The molecule has 1 atom stereocenters. The van der Waals surface area contributed by atoms with Crippen molar-refractivity contribution >= 4 is 5.69 Å². The summed E-state index contributed by atoms with van der Waals surface area (Å²) in [4.78, 5) is 2.42. The van der Waals surface area contributed by atoms with Crippen molar-refractivity contribution in [1.29, 1.82) is 0 Å². The summed E-state index contributed by atoms with van der Waals surface area (Å²) in [5.74, 6) is 0. The predicted octanol–water partition coefficient (Wildman–Crippen LogP) is 1.94. The van der Waals surface area contributed by atoms with Crippen LogP contribution in [0.15, 0.2) is 18.2 Å². The third kappa shape index (κ3) is 2.99. The van der Waals surface area contributed by atoms with Crippen molar-refractivity contribution < 1.29 is 4.74 Å². The molecule has 0 bridgehead atoms. The molecule has 0 spiro atoms. The highest BCUT2D eigenvalue weighted by atomic mass is 16.5. The van der Waals surface area contributed by atoms with Gasteiger partial charge in [-0.15, -0.1) is 0 Å². The maximum absolute atomic E-state index is 5.58. The molecule has 1 fully saturated rings. The van der Waals surface area contributed by atoms with Crippen LogP contribution >= 0.6 is 0 Å². The Morgan fingerprint density at radius 3 is 2.94 bits per heavy atom. The van der Waals surface area contributed by atoms with Gasteiger partial charge in [0.25, 0.3) is 0 Å². The fourth-order valence-corrected chi connectivity index (χ4v) is 2.42. The van der Waals surface area contributed by atoms with Crippen molar-refractivity contribution in [3.05, 3.63) is 29.3 Å². The normalized spacial score (nSPS) is 20.6. The first kappa shape index (κ1) is 12.4. The standard InChI is InChI=1S/C14H22N2O/c1-11-8-13(9-15-3)4-5-14(11)16-6-7-17-12(2)10-16/h4-5,8,12,15H,6-7,9-10H2,1-3H3. The Morgan fingerprint density at radius 2 is 2.29 bits per heavy atom. The van der Waals surface area contributed by atoms with Crippen molar-refractivity contribution in [3.8, 4) is 0 Å². The summed E-state index contributed by atoms with van der Waals surface area (Å²) in [6.45, 7) is 8.08. The van der Waals surface area contributed by atoms with Crippen LogP contribution in [-0.2, 0) is 11.3 Å². The molecule has 2 rings (SSSR count). The second kappa shape index (κ2) is 5.52. The van der Waals surface area contributed by atoms with E-state index >= 15 is 0 Å². The Bertz CT molecular complexity index is 378. The molecule has 1 saturated heterocycles. The van der Waals surface area contributed by atoms with Crippen LogP contribution in [0.3, 0.4) is 0 Å². The largest absolute Gasteiger partial charge is 0.375 e. The third-order valence-corrected chi connectivity index (χ3v) is 3.22. The first-order chi connectivity index (χ1) is 8.20. The molecule has 0 saturated carbocycles. The molecule has 1 unspecified atom stereocenters. The molecule has 0 aromatic heterocycles. The van der Waals surface area contributed by atoms with E-state index in [-0.39, 0.29) is 0 Å². The molecule has 0 aliphatic carbocycles. The van der Waals surface area contributed by atoms with E-state index in [9.17, 15) is 0 Å². The SMILES string of the molecule is CNCc1ccc(N2CCOC(C)C2)c(C)c1. The Labute approximate surface area is 104 Å². The van der Waals surface area contributed by atoms with Gasteiger partial charge < -0.3 is 15.0 Å². The lowest BCUT2D eigenvalue weighted by Crippen LogP contribution is -2.41. The number of anilines is 1. The molecule has 1 aliphatic heterocycles. The highest BCUT2D eigenvalue weighted by Gasteiger charge is 2.18. The van der Waals surface area contributed by atoms with Crippen LogP contribution in [0.5, 0.6) is 0 Å². The summed E-state index contributed by atoms with van der Waals surface area (Å²) in [5.41, 5.74) is 4.04. The van der Waals surface area contributed by atoms with Gasteiger partial charge in [-0.2, -0.15) is 0 Å². The highest BCUT2D eigenvalue weighted by Crippen LogP contribution is 2.23. The number of nitrogens with one attached hydrogen (secondary N) is 1. The number of hydrogen-bond donors (Lipinski definition) is 1. The quantitative estimate of drug-likeness (QED) is 0.865. The van der Waals surface area contributed by atoms with E-state index in [1.807, 2.05) is 7.05 Å². The van der Waals surface area contributed by atoms with Gasteiger partial charge in [-0.1, -0.05) is 12.1 Å². The fraction of sp³-hybridized carbons (Fsp3) is 0.571. The van der Waals surface area contributed by atoms with Gasteiger partial charge in [-0.05, 0) is 38.1 Å². The maximum Gasteiger partial charge on any atom is 0.0722 e. The van der Waals surface area contributed by atoms with E-state index in [0.29, 0.717) is 6.10 Å². The number of ether oxygens (including phenoxy) is 1. The van der Waals surface area contributed by atoms with Crippen LogP contribution in [0.4, 0.5) is 5.69 Å². The average molecular weight is 234 g/mol. The Balaban J connectivity index is 2.15. The smallest absolute Gasteiger partial charge is 0.0722 e. The summed E-state index contributed by atoms with van der Waals surface area (Å²) in [7, 11) is 1.98. The average Bonchev–Trinajstić information content (AvgIpc) is 2.29. The predicted molar refractivity (Wildman–Crippen MR) is 71.6 cm³/mol. The first-order valence-electron chi connectivity index (χ1n) is 6.31. The van der Waals surface area contributed by atoms with E-state index in [1.54, 1.807) is 0 Å². The summed E-state index contributed by atoms with van der Waals surface area (Å²) >= 11 is 0. The lowest BCUT2D eigenvalue weighted by Gasteiger charge is -2.34. The first-order valence-corrected chi connectivity index (χ1v) is 6.31. The molecule has 94 valence electrons. The lowest BCUT2D eigenvalue weighted by atomic mass is 10.1. The zero-order valence-electron chi connectivity index (χ0n) is 11.0. The molecule has 1 aromatic rings. The third-order valence-electron chi connectivity index (χ3n) is 3.22. The number of benzene rings is 1. The van der Waals surface area contributed by atoms with Gasteiger partial charge in [0.15, 0.2) is 0 Å². The maximum atomic E-state index is 5.58. The van der Waals surface area contributed by atoms with Crippen LogP contribution in [-0.4, -0.2) is 32.8 Å². The molecular formula is C14H22N2O. The number of hydrogen-bond acceptors (Lipinski definition) is 3. The van der Waals surface area contributed by atoms with Crippen LogP contribution in [0.25, 0.3) is 0 Å². The Hall–Kier alpha value is -1.06. The van der Waals surface area contributed by atoms with E-state index in [4.69, 9.17) is 4.74 Å². The molecule has 1 aromatic carbocycles. The second-order valence-electron chi connectivity index (χ2n) is 4.78. The molecule has 0 amide bonds. The number of morpholine rings is 1. The topological polar surface area (TPSA) is 24.5 Å². The van der Waals surface area contributed by atoms with Crippen molar-refractivity contribution in [2.45, 2.75) is 26.5 Å². The Kier molecular flexibility index (Phi) is 4.02. The van der Waals surface area contributed by atoms with E-state index in [0.717, 1.165) is 26.2 Å². The number of rotatable bonds is 3. The molecule has 3 nitrogen and oxygen atoms in total. The van der Waals surface area contributed by atoms with Crippen molar-refractivity contribution in [2.24, 2.45) is 0 Å². The van der Waals surface area contributed by atoms with E-state index in [1.165, 1.54) is 16.8 Å². The van der Waals surface area contributed by atoms with Gasteiger partial charge in [-0.3, -0.25) is 0 Å². The van der Waals surface area contributed by atoms with Gasteiger partial charge in [-0.25, -0.2) is 0 Å². The van der Waals surface area contributed by atoms with Gasteiger partial charge in [0.1, 0.15) is 0 Å². The van der Waals surface area contributed by atoms with Crippen LogP contribution in [0.2, 0.25) is 0 Å². The molecule has 0 radical (unpaired) electrons. The van der Waals surface area contributed by atoms with Crippen LogP contribution in [0.1, 0.15) is 18.1 Å². The zero-order chi connectivity index (χ0) is 12.3. The molecule has 1 N–H and O–H groups in total. The fourth-order valence-electron chi connectivity index (χ4n) is 2.42. The summed E-state index contributed by atoms with van der Waals surface area (Å²) in [6, 6.07) is 6.71. The van der Waals surface area contributed by atoms with Gasteiger partial charge in [0, 0.05) is 25.3 Å². The zero-order valence-corrected chi connectivity index (χ0v) is 11.0. The van der Waals surface area contributed by atoms with E-state index < -0.39 is 0 Å². The minimum atomic E-state index is 0.333. The van der Waals surface area contributed by atoms with Crippen molar-refractivity contribution in [2.75, 3.05) is 31.6 Å². The monoisotopic (exact) mass is 234 g/mol. The van der Waals surface area contributed by atoms with Crippen molar-refractivity contribution in [3.63, 3.8) is 0 Å².